The van der Waals surface area contributed by atoms with Crippen LogP contribution >= 0.6 is 0 Å². The third kappa shape index (κ3) is 4.39. The molecule has 2 aliphatic rings. The summed E-state index contributed by atoms with van der Waals surface area (Å²) in [5.41, 5.74) is 3.36. The van der Waals surface area contributed by atoms with Crippen molar-refractivity contribution in [3.05, 3.63) is 76.6 Å². The SMILES string of the molecule is COC(=O)[C@@H](N[C@H]1C2=C(CCCC2)C(=O)N1Cc1ccc(F)cc1)c1cccc(OC)c1. The molecule has 0 spiro atoms. The van der Waals surface area contributed by atoms with E-state index >= 15 is 0 Å². The first kappa shape index (κ1) is 22.0. The van der Waals surface area contributed by atoms with Crippen molar-refractivity contribution in [2.24, 2.45) is 0 Å². The van der Waals surface area contributed by atoms with Gasteiger partial charge in [-0.3, -0.25) is 10.1 Å². The van der Waals surface area contributed by atoms with Gasteiger partial charge in [0.1, 0.15) is 23.8 Å². The number of carbonyl (C=O) groups is 2. The standard InChI is InChI=1S/C25H27FN2O4/c1-31-19-7-5-6-17(14-19)22(25(30)32-2)27-23-20-8-3-4-9-21(20)24(29)28(23)15-16-10-12-18(26)13-11-16/h5-7,10-14,22-23,27H,3-4,8-9,15H2,1-2H3/t22-,23+/m0/s1. The maximum atomic E-state index is 13.4. The largest absolute Gasteiger partial charge is 0.497 e. The second-order valence-electron chi connectivity index (χ2n) is 8.07. The summed E-state index contributed by atoms with van der Waals surface area (Å²) < 4.78 is 23.8. The Labute approximate surface area is 187 Å². The van der Waals surface area contributed by atoms with Gasteiger partial charge in [0, 0.05) is 12.1 Å². The van der Waals surface area contributed by atoms with Crippen molar-refractivity contribution in [1.29, 1.82) is 0 Å². The predicted octanol–water partition coefficient (Wildman–Crippen LogP) is 3.88. The Morgan fingerprint density at radius 1 is 1.16 bits per heavy atom. The highest BCUT2D eigenvalue weighted by molar-refractivity contribution is 5.98. The van der Waals surface area contributed by atoms with E-state index in [4.69, 9.17) is 9.47 Å². The zero-order valence-corrected chi connectivity index (χ0v) is 18.3. The third-order valence-corrected chi connectivity index (χ3v) is 6.13. The molecule has 0 unspecified atom stereocenters. The molecule has 0 saturated carbocycles. The van der Waals surface area contributed by atoms with Crippen LogP contribution in [-0.2, 0) is 20.9 Å². The molecular formula is C25H27FN2O4. The number of nitrogens with one attached hydrogen (secondary N) is 1. The van der Waals surface area contributed by atoms with E-state index in [1.54, 1.807) is 36.3 Å². The summed E-state index contributed by atoms with van der Waals surface area (Å²) in [6.07, 6.45) is 3.05. The summed E-state index contributed by atoms with van der Waals surface area (Å²) in [4.78, 5) is 27.8. The van der Waals surface area contributed by atoms with Crippen molar-refractivity contribution >= 4 is 11.9 Å². The van der Waals surface area contributed by atoms with Crippen LogP contribution in [0.4, 0.5) is 4.39 Å². The molecule has 4 rings (SSSR count). The van der Waals surface area contributed by atoms with Crippen molar-refractivity contribution in [3.63, 3.8) is 0 Å². The van der Waals surface area contributed by atoms with Crippen molar-refractivity contribution in [1.82, 2.24) is 10.2 Å². The van der Waals surface area contributed by atoms with E-state index in [1.807, 2.05) is 12.1 Å². The molecular weight excluding hydrogens is 411 g/mol. The lowest BCUT2D eigenvalue weighted by atomic mass is 9.92. The number of amides is 1. The van der Waals surface area contributed by atoms with Gasteiger partial charge in [0.2, 0.25) is 0 Å². The Morgan fingerprint density at radius 2 is 1.91 bits per heavy atom. The third-order valence-electron chi connectivity index (χ3n) is 6.13. The first-order valence-electron chi connectivity index (χ1n) is 10.8. The van der Waals surface area contributed by atoms with Crippen LogP contribution in [0.25, 0.3) is 0 Å². The summed E-state index contributed by atoms with van der Waals surface area (Å²) in [6.45, 7) is 0.315. The number of carbonyl (C=O) groups excluding carboxylic acids is 2. The van der Waals surface area contributed by atoms with Gasteiger partial charge >= 0.3 is 5.97 Å². The summed E-state index contributed by atoms with van der Waals surface area (Å²) in [6, 6.07) is 12.6. The summed E-state index contributed by atoms with van der Waals surface area (Å²) in [7, 11) is 2.91. The molecule has 0 bridgehead atoms. The summed E-state index contributed by atoms with van der Waals surface area (Å²) in [5.74, 6) is -0.174. The monoisotopic (exact) mass is 438 g/mol. The highest BCUT2D eigenvalue weighted by Crippen LogP contribution is 2.37. The number of esters is 1. The minimum atomic E-state index is -0.780. The topological polar surface area (TPSA) is 67.9 Å². The molecule has 1 aliphatic heterocycles. The lowest BCUT2D eigenvalue weighted by Crippen LogP contribution is -2.48. The van der Waals surface area contributed by atoms with Crippen LogP contribution in [0.15, 0.2) is 59.7 Å². The zero-order valence-electron chi connectivity index (χ0n) is 18.3. The smallest absolute Gasteiger partial charge is 0.327 e. The van der Waals surface area contributed by atoms with Crippen LogP contribution in [0.5, 0.6) is 5.75 Å². The van der Waals surface area contributed by atoms with Gasteiger partial charge in [0.25, 0.3) is 5.91 Å². The van der Waals surface area contributed by atoms with Gasteiger partial charge in [-0.25, -0.2) is 9.18 Å². The van der Waals surface area contributed by atoms with Gasteiger partial charge in [0.15, 0.2) is 0 Å². The normalized spacial score (nSPS) is 19.0. The molecule has 0 fully saturated rings. The van der Waals surface area contributed by atoms with E-state index in [1.165, 1.54) is 19.2 Å². The van der Waals surface area contributed by atoms with Crippen molar-refractivity contribution < 1.29 is 23.5 Å². The van der Waals surface area contributed by atoms with E-state index in [2.05, 4.69) is 5.32 Å². The molecule has 6 nitrogen and oxygen atoms in total. The van der Waals surface area contributed by atoms with Gasteiger partial charge in [-0.1, -0.05) is 24.3 Å². The average Bonchev–Trinajstić information content (AvgIpc) is 3.09. The van der Waals surface area contributed by atoms with Crippen LogP contribution in [0.3, 0.4) is 0 Å². The number of hydrogen-bond acceptors (Lipinski definition) is 5. The number of rotatable bonds is 7. The number of ether oxygens (including phenoxy) is 2. The molecule has 1 N–H and O–H groups in total. The fourth-order valence-corrected chi connectivity index (χ4v) is 4.49. The quantitative estimate of drug-likeness (QED) is 0.665. The number of benzene rings is 2. The van der Waals surface area contributed by atoms with Crippen molar-refractivity contribution in [2.45, 2.75) is 44.4 Å². The molecule has 1 heterocycles. The summed E-state index contributed by atoms with van der Waals surface area (Å²) in [5, 5.41) is 3.39. The van der Waals surface area contributed by atoms with Crippen LogP contribution in [-0.4, -0.2) is 37.2 Å². The molecule has 7 heteroatoms. The fraction of sp³-hybridized carbons (Fsp3) is 0.360. The Morgan fingerprint density at radius 3 is 2.62 bits per heavy atom. The molecule has 0 aromatic heterocycles. The van der Waals surface area contributed by atoms with E-state index in [0.29, 0.717) is 17.9 Å². The van der Waals surface area contributed by atoms with Gasteiger partial charge < -0.3 is 14.4 Å². The van der Waals surface area contributed by atoms with Crippen LogP contribution in [0.1, 0.15) is 42.9 Å². The lowest BCUT2D eigenvalue weighted by Gasteiger charge is -2.31. The zero-order chi connectivity index (χ0) is 22.7. The van der Waals surface area contributed by atoms with Crippen molar-refractivity contribution in [3.8, 4) is 5.75 Å². The number of halogens is 1. The van der Waals surface area contributed by atoms with Crippen molar-refractivity contribution in [2.75, 3.05) is 14.2 Å². The van der Waals surface area contributed by atoms with Gasteiger partial charge in [-0.2, -0.15) is 0 Å². The minimum Gasteiger partial charge on any atom is -0.497 e. The predicted molar refractivity (Wildman–Crippen MR) is 117 cm³/mol. The molecule has 0 saturated heterocycles. The Kier molecular flexibility index (Phi) is 6.55. The van der Waals surface area contributed by atoms with Gasteiger partial charge in [0.05, 0.1) is 14.2 Å². The highest BCUT2D eigenvalue weighted by atomic mass is 19.1. The maximum Gasteiger partial charge on any atom is 0.327 e. The van der Waals surface area contributed by atoms with Gasteiger partial charge in [-0.15, -0.1) is 0 Å². The fourth-order valence-electron chi connectivity index (χ4n) is 4.49. The molecule has 2 aromatic rings. The molecule has 2 aromatic carbocycles. The minimum absolute atomic E-state index is 0.0317. The Hall–Kier alpha value is -3.19. The van der Waals surface area contributed by atoms with E-state index in [9.17, 15) is 14.0 Å². The number of hydrogen-bond donors (Lipinski definition) is 1. The second kappa shape index (κ2) is 9.53. The molecule has 168 valence electrons. The molecule has 1 aliphatic carbocycles. The lowest BCUT2D eigenvalue weighted by molar-refractivity contribution is -0.144. The van der Waals surface area contributed by atoms with E-state index < -0.39 is 18.2 Å². The molecule has 0 radical (unpaired) electrons. The molecule has 32 heavy (non-hydrogen) atoms. The van der Waals surface area contributed by atoms with Crippen LogP contribution in [0, 0.1) is 5.82 Å². The molecule has 2 atom stereocenters. The Balaban J connectivity index is 1.68. The summed E-state index contributed by atoms with van der Waals surface area (Å²) >= 11 is 0. The van der Waals surface area contributed by atoms with Gasteiger partial charge in [-0.05, 0) is 66.6 Å². The van der Waals surface area contributed by atoms with E-state index in [-0.39, 0.29) is 11.7 Å². The average molecular weight is 438 g/mol. The van der Waals surface area contributed by atoms with Crippen LogP contribution < -0.4 is 10.1 Å². The van der Waals surface area contributed by atoms with Crippen LogP contribution in [0.2, 0.25) is 0 Å². The molecule has 1 amide bonds. The highest BCUT2D eigenvalue weighted by Gasteiger charge is 2.41. The number of methoxy groups -OCH3 is 2. The van der Waals surface area contributed by atoms with E-state index in [0.717, 1.165) is 42.4 Å². The maximum absolute atomic E-state index is 13.4. The Bertz CT molecular complexity index is 1030. The first-order chi connectivity index (χ1) is 15.5. The number of nitrogens with zero attached hydrogens (tertiary/aromatic N) is 1. The second-order valence-corrected chi connectivity index (χ2v) is 8.07. The first-order valence-corrected chi connectivity index (χ1v) is 10.8.